The highest BCUT2D eigenvalue weighted by molar-refractivity contribution is 6.30. The summed E-state index contributed by atoms with van der Waals surface area (Å²) < 4.78 is 45.6. The average Bonchev–Trinajstić information content (AvgIpc) is 2.72. The third-order valence-corrected chi connectivity index (χ3v) is 4.75. The molecule has 9 heteroatoms. The zero-order valence-corrected chi connectivity index (χ0v) is 13.0. The molecule has 1 atom stereocenters. The van der Waals surface area contributed by atoms with E-state index in [1.165, 1.54) is 12.3 Å². The number of hydrogen-bond acceptors (Lipinski definition) is 4. The Bertz CT molecular complexity index is 763. The molecule has 124 valence electrons. The molecule has 0 N–H and O–H groups in total. The molecule has 2 aliphatic rings. The van der Waals surface area contributed by atoms with Crippen molar-refractivity contribution >= 4 is 28.3 Å². The quantitative estimate of drug-likeness (QED) is 0.784. The first-order chi connectivity index (χ1) is 10.8. The van der Waals surface area contributed by atoms with E-state index in [2.05, 4.69) is 10.1 Å². The van der Waals surface area contributed by atoms with Gasteiger partial charge in [-0.25, -0.2) is 4.98 Å². The summed E-state index contributed by atoms with van der Waals surface area (Å²) in [7, 11) is 0. The summed E-state index contributed by atoms with van der Waals surface area (Å²) >= 11 is 5.86. The Labute approximate surface area is 135 Å². The third kappa shape index (κ3) is 2.27. The molecule has 2 aromatic heterocycles. The largest absolute Gasteiger partial charge is 0.410 e. The van der Waals surface area contributed by atoms with Crippen LogP contribution in [0.4, 0.5) is 19.0 Å². The molecule has 23 heavy (non-hydrogen) atoms. The smallest absolute Gasteiger partial charge is 0.380 e. The molecule has 4 rings (SSSR count). The highest BCUT2D eigenvalue weighted by Gasteiger charge is 2.50. The molecule has 1 unspecified atom stereocenters. The fourth-order valence-corrected chi connectivity index (χ4v) is 3.30. The normalized spacial score (nSPS) is 21.3. The number of aromatic nitrogens is 3. The van der Waals surface area contributed by atoms with Gasteiger partial charge in [-0.3, -0.25) is 4.68 Å². The molecule has 0 amide bonds. The van der Waals surface area contributed by atoms with Crippen LogP contribution in [-0.2, 0) is 4.74 Å². The number of pyridine rings is 1. The molecule has 2 fully saturated rings. The number of hydrogen-bond donors (Lipinski definition) is 0. The molecule has 0 aliphatic carbocycles. The highest BCUT2D eigenvalue weighted by atomic mass is 35.5. The summed E-state index contributed by atoms with van der Waals surface area (Å²) in [4.78, 5) is 5.97. The van der Waals surface area contributed by atoms with Crippen molar-refractivity contribution in [1.82, 2.24) is 14.8 Å². The average molecular weight is 347 g/mol. The van der Waals surface area contributed by atoms with Crippen LogP contribution in [0.1, 0.15) is 13.0 Å². The minimum absolute atomic E-state index is 0.144. The molecule has 2 saturated heterocycles. The van der Waals surface area contributed by atoms with Crippen LogP contribution >= 0.6 is 11.6 Å². The predicted molar refractivity (Wildman–Crippen MR) is 78.8 cm³/mol. The van der Waals surface area contributed by atoms with Crippen molar-refractivity contribution in [3.8, 4) is 0 Å². The van der Waals surface area contributed by atoms with Gasteiger partial charge in [0.15, 0.2) is 5.82 Å². The monoisotopic (exact) mass is 346 g/mol. The number of anilines is 1. The van der Waals surface area contributed by atoms with Gasteiger partial charge in [-0.15, -0.1) is 0 Å². The van der Waals surface area contributed by atoms with E-state index in [4.69, 9.17) is 16.3 Å². The van der Waals surface area contributed by atoms with Gasteiger partial charge in [0.05, 0.1) is 29.5 Å². The first kappa shape index (κ1) is 15.0. The number of nitrogens with zero attached hydrogens (tertiary/aromatic N) is 4. The third-order valence-electron chi connectivity index (χ3n) is 4.55. The lowest BCUT2D eigenvalue weighted by atomic mass is 9.78. The van der Waals surface area contributed by atoms with Gasteiger partial charge in [0.2, 0.25) is 0 Å². The number of rotatable bonds is 2. The fourth-order valence-electron chi connectivity index (χ4n) is 3.15. The van der Waals surface area contributed by atoms with Crippen molar-refractivity contribution in [3.63, 3.8) is 0 Å². The van der Waals surface area contributed by atoms with E-state index in [-0.39, 0.29) is 10.6 Å². The lowest BCUT2D eigenvalue weighted by Gasteiger charge is -2.55. The van der Waals surface area contributed by atoms with Crippen LogP contribution in [0.25, 0.3) is 10.9 Å². The maximum absolute atomic E-state index is 13.1. The van der Waals surface area contributed by atoms with Gasteiger partial charge in [0.1, 0.15) is 11.2 Å². The standard InChI is InChI=1S/C14H14ClF3N4O/c1-8(14(16,17)18)22-10-2-11(15)19-3-9(10)12(20-22)21-4-13(5-21)6-23-7-13/h2-3,8H,4-7H2,1H3. The second-order valence-electron chi connectivity index (χ2n) is 6.36. The summed E-state index contributed by atoms with van der Waals surface area (Å²) in [5, 5.41) is 4.96. The number of alkyl halides is 3. The van der Waals surface area contributed by atoms with E-state index < -0.39 is 12.2 Å². The molecule has 0 bridgehead atoms. The molecular weight excluding hydrogens is 333 g/mol. The van der Waals surface area contributed by atoms with Gasteiger partial charge in [-0.05, 0) is 6.92 Å². The van der Waals surface area contributed by atoms with Crippen LogP contribution in [0.5, 0.6) is 0 Å². The number of ether oxygens (including phenoxy) is 1. The maximum atomic E-state index is 13.1. The van der Waals surface area contributed by atoms with E-state index in [0.717, 1.165) is 24.7 Å². The Morgan fingerprint density at radius 2 is 2.04 bits per heavy atom. The van der Waals surface area contributed by atoms with Gasteiger partial charge < -0.3 is 9.64 Å². The summed E-state index contributed by atoms with van der Waals surface area (Å²) in [6.45, 7) is 3.96. The zero-order valence-electron chi connectivity index (χ0n) is 12.3. The summed E-state index contributed by atoms with van der Waals surface area (Å²) in [6.07, 6.45) is -2.90. The van der Waals surface area contributed by atoms with Crippen molar-refractivity contribution < 1.29 is 17.9 Å². The van der Waals surface area contributed by atoms with Crippen LogP contribution in [0.3, 0.4) is 0 Å². The Morgan fingerprint density at radius 3 is 2.61 bits per heavy atom. The van der Waals surface area contributed by atoms with Crippen LogP contribution in [0.15, 0.2) is 12.3 Å². The number of fused-ring (bicyclic) bond motifs is 1. The summed E-state index contributed by atoms with van der Waals surface area (Å²) in [5.41, 5.74) is 0.488. The lowest BCUT2D eigenvalue weighted by molar-refractivity contribution is -0.164. The lowest BCUT2D eigenvalue weighted by Crippen LogP contribution is -2.66. The van der Waals surface area contributed by atoms with E-state index in [1.54, 1.807) is 0 Å². The Hall–Kier alpha value is -1.54. The Balaban J connectivity index is 1.76. The van der Waals surface area contributed by atoms with Gasteiger partial charge in [-0.2, -0.15) is 18.3 Å². The molecule has 4 heterocycles. The van der Waals surface area contributed by atoms with Crippen molar-refractivity contribution in [2.24, 2.45) is 5.41 Å². The first-order valence-corrected chi connectivity index (χ1v) is 7.60. The van der Waals surface area contributed by atoms with E-state index >= 15 is 0 Å². The molecule has 2 aliphatic heterocycles. The molecule has 5 nitrogen and oxygen atoms in total. The first-order valence-electron chi connectivity index (χ1n) is 7.22. The molecule has 0 aromatic carbocycles. The maximum Gasteiger partial charge on any atom is 0.410 e. The van der Waals surface area contributed by atoms with Crippen LogP contribution < -0.4 is 4.90 Å². The fraction of sp³-hybridized carbons (Fsp3) is 0.571. The van der Waals surface area contributed by atoms with E-state index in [0.29, 0.717) is 29.9 Å². The Kier molecular flexibility index (Phi) is 3.09. The summed E-state index contributed by atoms with van der Waals surface area (Å²) in [5.74, 6) is 0.526. The summed E-state index contributed by atoms with van der Waals surface area (Å²) in [6, 6.07) is -0.308. The van der Waals surface area contributed by atoms with Gasteiger partial charge in [0.25, 0.3) is 0 Å². The van der Waals surface area contributed by atoms with Gasteiger partial charge in [0, 0.05) is 25.4 Å². The van der Waals surface area contributed by atoms with Crippen molar-refractivity contribution in [3.05, 3.63) is 17.4 Å². The second-order valence-corrected chi connectivity index (χ2v) is 6.75. The molecule has 0 saturated carbocycles. The van der Waals surface area contributed by atoms with E-state index in [9.17, 15) is 13.2 Å². The molecular formula is C14H14ClF3N4O. The van der Waals surface area contributed by atoms with Crippen molar-refractivity contribution in [2.45, 2.75) is 19.1 Å². The SMILES string of the molecule is CC(n1nc(N2CC3(COC3)C2)c2cnc(Cl)cc21)C(F)(F)F. The van der Waals surface area contributed by atoms with Crippen LogP contribution in [0.2, 0.25) is 5.15 Å². The molecule has 0 radical (unpaired) electrons. The van der Waals surface area contributed by atoms with Crippen molar-refractivity contribution in [1.29, 1.82) is 0 Å². The highest BCUT2D eigenvalue weighted by Crippen LogP contribution is 2.43. The zero-order chi connectivity index (χ0) is 16.4. The van der Waals surface area contributed by atoms with Gasteiger partial charge >= 0.3 is 6.18 Å². The van der Waals surface area contributed by atoms with Gasteiger partial charge in [-0.1, -0.05) is 11.6 Å². The topological polar surface area (TPSA) is 43.2 Å². The van der Waals surface area contributed by atoms with Crippen LogP contribution in [-0.4, -0.2) is 47.2 Å². The van der Waals surface area contributed by atoms with E-state index in [1.807, 2.05) is 4.90 Å². The minimum Gasteiger partial charge on any atom is -0.380 e. The second kappa shape index (κ2) is 4.73. The Morgan fingerprint density at radius 1 is 1.35 bits per heavy atom. The molecule has 1 spiro atoms. The van der Waals surface area contributed by atoms with Crippen LogP contribution in [0, 0.1) is 5.41 Å². The number of halogens is 4. The predicted octanol–water partition coefficient (Wildman–Crippen LogP) is 3.04. The molecule has 2 aromatic rings. The minimum atomic E-state index is -4.38. The van der Waals surface area contributed by atoms with Crippen molar-refractivity contribution in [2.75, 3.05) is 31.2 Å².